The molecule has 2 aromatic carbocycles. The van der Waals surface area contributed by atoms with E-state index in [0.29, 0.717) is 11.8 Å². The summed E-state index contributed by atoms with van der Waals surface area (Å²) in [6, 6.07) is 16.3. The second kappa shape index (κ2) is 9.27. The van der Waals surface area contributed by atoms with Gasteiger partial charge in [0.05, 0.1) is 5.39 Å². The number of nitrogens with one attached hydrogen (secondary N) is 1. The number of ether oxygens (including phenoxy) is 1. The molecule has 1 atom stereocenters. The van der Waals surface area contributed by atoms with Crippen LogP contribution in [0, 0.1) is 6.92 Å². The summed E-state index contributed by atoms with van der Waals surface area (Å²) in [5, 5.41) is 5.77. The molecule has 4 rings (SSSR count). The molecule has 6 heteroatoms. The van der Waals surface area contributed by atoms with Crippen LogP contribution in [0.3, 0.4) is 0 Å². The summed E-state index contributed by atoms with van der Waals surface area (Å²) in [5.74, 6) is 0.695. The van der Waals surface area contributed by atoms with Crippen molar-refractivity contribution in [1.82, 2.24) is 9.97 Å². The first-order chi connectivity index (χ1) is 15.0. The van der Waals surface area contributed by atoms with Crippen molar-refractivity contribution < 1.29 is 9.53 Å². The van der Waals surface area contributed by atoms with Crippen LogP contribution in [0.25, 0.3) is 21.3 Å². The first-order valence-corrected chi connectivity index (χ1v) is 11.2. The van der Waals surface area contributed by atoms with Crippen LogP contribution in [-0.4, -0.2) is 22.5 Å². The fourth-order valence-corrected chi connectivity index (χ4v) is 4.27. The molecule has 0 fully saturated rings. The van der Waals surface area contributed by atoms with E-state index in [4.69, 9.17) is 4.74 Å². The van der Waals surface area contributed by atoms with Gasteiger partial charge in [-0.15, -0.1) is 11.3 Å². The van der Waals surface area contributed by atoms with Gasteiger partial charge in [-0.3, -0.25) is 4.79 Å². The quantitative estimate of drug-likeness (QED) is 0.378. The van der Waals surface area contributed by atoms with Crippen LogP contribution >= 0.6 is 11.3 Å². The van der Waals surface area contributed by atoms with E-state index in [1.807, 2.05) is 12.1 Å². The summed E-state index contributed by atoms with van der Waals surface area (Å²) in [6.45, 7) is 6.30. The molecular weight excluding hydrogens is 406 g/mol. The monoisotopic (exact) mass is 431 g/mol. The minimum absolute atomic E-state index is 0.123. The number of aromatic nitrogens is 2. The van der Waals surface area contributed by atoms with Crippen LogP contribution in [0.4, 0.5) is 5.69 Å². The third kappa shape index (κ3) is 4.75. The molecule has 0 aliphatic heterocycles. The molecule has 5 nitrogen and oxygen atoms in total. The highest BCUT2D eigenvalue weighted by molar-refractivity contribution is 7.17. The Hall–Kier alpha value is -3.25. The van der Waals surface area contributed by atoms with Gasteiger partial charge in [-0.2, -0.15) is 0 Å². The molecule has 2 aromatic heterocycles. The fraction of sp³-hybridized carbons (Fsp3) is 0.240. The Morgan fingerprint density at radius 3 is 2.55 bits per heavy atom. The van der Waals surface area contributed by atoms with E-state index >= 15 is 0 Å². The standard InChI is InChI=1S/C25H25N3O2S/c1-4-17(3)18-9-11-20(12-10-18)28-22(29)13-30-24-23-21(14-31-25(23)27-15-26-24)19-7-5-16(2)6-8-19/h5-12,14-15,17H,4,13H2,1-3H3,(H,28,29). The summed E-state index contributed by atoms with van der Waals surface area (Å²) in [6.07, 6.45) is 2.55. The SMILES string of the molecule is CCC(C)c1ccc(NC(=O)COc2ncnc3scc(-c4ccc(C)cc4)c23)cc1. The van der Waals surface area contributed by atoms with Crippen molar-refractivity contribution in [2.45, 2.75) is 33.1 Å². The Labute approximate surface area is 186 Å². The molecule has 0 aliphatic carbocycles. The van der Waals surface area contributed by atoms with E-state index in [0.717, 1.165) is 33.5 Å². The van der Waals surface area contributed by atoms with E-state index in [9.17, 15) is 4.79 Å². The minimum atomic E-state index is -0.227. The van der Waals surface area contributed by atoms with Gasteiger partial charge >= 0.3 is 0 Å². The normalized spacial score (nSPS) is 12.0. The number of thiophene rings is 1. The minimum Gasteiger partial charge on any atom is -0.467 e. The Morgan fingerprint density at radius 2 is 1.84 bits per heavy atom. The van der Waals surface area contributed by atoms with Crippen molar-refractivity contribution in [3.8, 4) is 17.0 Å². The van der Waals surface area contributed by atoms with Gasteiger partial charge in [0.2, 0.25) is 5.88 Å². The lowest BCUT2D eigenvalue weighted by Gasteiger charge is -2.11. The predicted molar refractivity (Wildman–Crippen MR) is 127 cm³/mol. The Kier molecular flexibility index (Phi) is 6.28. The number of amides is 1. The first-order valence-electron chi connectivity index (χ1n) is 10.4. The molecule has 2 heterocycles. The topological polar surface area (TPSA) is 64.1 Å². The van der Waals surface area contributed by atoms with Crippen molar-refractivity contribution in [1.29, 1.82) is 0 Å². The molecule has 1 amide bonds. The van der Waals surface area contributed by atoms with E-state index in [2.05, 4.69) is 77.8 Å². The molecule has 0 spiro atoms. The maximum atomic E-state index is 12.5. The highest BCUT2D eigenvalue weighted by atomic mass is 32.1. The van der Waals surface area contributed by atoms with Crippen molar-refractivity contribution in [3.05, 3.63) is 71.4 Å². The number of aryl methyl sites for hydroxylation is 1. The number of hydrogen-bond acceptors (Lipinski definition) is 5. The second-order valence-corrected chi connectivity index (χ2v) is 8.50. The summed E-state index contributed by atoms with van der Waals surface area (Å²) < 4.78 is 5.82. The molecule has 4 aromatic rings. The maximum absolute atomic E-state index is 12.5. The number of hydrogen-bond donors (Lipinski definition) is 1. The van der Waals surface area contributed by atoms with Gasteiger partial charge < -0.3 is 10.1 Å². The van der Waals surface area contributed by atoms with Crippen LogP contribution in [0.1, 0.15) is 37.3 Å². The van der Waals surface area contributed by atoms with Crippen LogP contribution < -0.4 is 10.1 Å². The third-order valence-electron chi connectivity index (χ3n) is 5.41. The number of anilines is 1. The second-order valence-electron chi connectivity index (χ2n) is 7.64. The number of carbonyl (C=O) groups is 1. The average Bonchev–Trinajstić information content (AvgIpc) is 3.23. The van der Waals surface area contributed by atoms with Crippen LogP contribution in [0.15, 0.2) is 60.2 Å². The molecule has 0 saturated carbocycles. The number of nitrogens with zero attached hydrogens (tertiary/aromatic N) is 2. The maximum Gasteiger partial charge on any atom is 0.262 e. The molecule has 0 bridgehead atoms. The Morgan fingerprint density at radius 1 is 1.10 bits per heavy atom. The van der Waals surface area contributed by atoms with Gasteiger partial charge in [-0.1, -0.05) is 55.8 Å². The number of carbonyl (C=O) groups excluding carboxylic acids is 1. The summed E-state index contributed by atoms with van der Waals surface area (Å²) in [7, 11) is 0. The van der Waals surface area contributed by atoms with Crippen LogP contribution in [-0.2, 0) is 4.79 Å². The first kappa shape index (κ1) is 21.0. The molecule has 1 N–H and O–H groups in total. The van der Waals surface area contributed by atoms with Gasteiger partial charge in [-0.05, 0) is 42.5 Å². The zero-order chi connectivity index (χ0) is 21.8. The highest BCUT2D eigenvalue weighted by Crippen LogP contribution is 2.37. The molecule has 158 valence electrons. The summed E-state index contributed by atoms with van der Waals surface area (Å²) in [5.41, 5.74) is 5.30. The van der Waals surface area contributed by atoms with Crippen molar-refractivity contribution in [2.24, 2.45) is 0 Å². The van der Waals surface area contributed by atoms with Gasteiger partial charge in [0, 0.05) is 16.6 Å². The smallest absolute Gasteiger partial charge is 0.262 e. The lowest BCUT2D eigenvalue weighted by Crippen LogP contribution is -2.20. The molecule has 0 saturated heterocycles. The zero-order valence-electron chi connectivity index (χ0n) is 17.9. The number of rotatable bonds is 7. The van der Waals surface area contributed by atoms with E-state index < -0.39 is 0 Å². The molecule has 1 unspecified atom stereocenters. The third-order valence-corrected chi connectivity index (χ3v) is 6.30. The van der Waals surface area contributed by atoms with Crippen LogP contribution in [0.5, 0.6) is 5.88 Å². The van der Waals surface area contributed by atoms with E-state index in [1.165, 1.54) is 28.8 Å². The average molecular weight is 432 g/mol. The molecule has 0 radical (unpaired) electrons. The highest BCUT2D eigenvalue weighted by Gasteiger charge is 2.15. The van der Waals surface area contributed by atoms with Crippen molar-refractivity contribution in [2.75, 3.05) is 11.9 Å². The summed E-state index contributed by atoms with van der Waals surface area (Å²) >= 11 is 1.54. The lowest BCUT2D eigenvalue weighted by atomic mass is 9.99. The van der Waals surface area contributed by atoms with Crippen molar-refractivity contribution >= 4 is 33.1 Å². The number of fused-ring (bicyclic) bond motifs is 1. The Balaban J connectivity index is 1.48. The lowest BCUT2D eigenvalue weighted by molar-refractivity contribution is -0.118. The van der Waals surface area contributed by atoms with Gasteiger partial charge in [-0.25, -0.2) is 9.97 Å². The summed E-state index contributed by atoms with van der Waals surface area (Å²) in [4.78, 5) is 21.9. The Bertz CT molecular complexity index is 1180. The van der Waals surface area contributed by atoms with Gasteiger partial charge in [0.25, 0.3) is 5.91 Å². The largest absolute Gasteiger partial charge is 0.467 e. The zero-order valence-corrected chi connectivity index (χ0v) is 18.7. The fourth-order valence-electron chi connectivity index (χ4n) is 3.36. The van der Waals surface area contributed by atoms with Gasteiger partial charge in [0.15, 0.2) is 6.61 Å². The molecule has 0 aliphatic rings. The number of benzene rings is 2. The predicted octanol–water partition coefficient (Wildman–Crippen LogP) is 6.20. The van der Waals surface area contributed by atoms with E-state index in [1.54, 1.807) is 0 Å². The molecular formula is C25H25N3O2S. The van der Waals surface area contributed by atoms with Crippen LogP contribution in [0.2, 0.25) is 0 Å². The molecule has 31 heavy (non-hydrogen) atoms. The van der Waals surface area contributed by atoms with Gasteiger partial charge in [0.1, 0.15) is 11.2 Å². The van der Waals surface area contributed by atoms with Crippen molar-refractivity contribution in [3.63, 3.8) is 0 Å². The van der Waals surface area contributed by atoms with E-state index in [-0.39, 0.29) is 12.5 Å².